The van der Waals surface area contributed by atoms with E-state index in [4.69, 9.17) is 5.11 Å². The molecule has 104 valence electrons. The molecule has 1 aromatic rings. The van der Waals surface area contributed by atoms with Crippen LogP contribution in [0, 0.1) is 0 Å². The molecule has 1 aromatic carbocycles. The Balaban J connectivity index is 1.76. The lowest BCUT2D eigenvalue weighted by Crippen LogP contribution is -2.46. The quantitative estimate of drug-likeness (QED) is 0.846. The van der Waals surface area contributed by atoms with Crippen LogP contribution < -0.4 is 0 Å². The van der Waals surface area contributed by atoms with Crippen LogP contribution >= 0.6 is 0 Å². The fourth-order valence-electron chi connectivity index (χ4n) is 2.58. The molecule has 4 heteroatoms. The Labute approximate surface area is 113 Å². The third-order valence-electron chi connectivity index (χ3n) is 3.83. The van der Waals surface area contributed by atoms with Crippen LogP contribution in [0.25, 0.3) is 0 Å². The molecule has 0 atom stereocenters. The van der Waals surface area contributed by atoms with Gasteiger partial charge in [0.05, 0.1) is 12.0 Å². The molecule has 0 aromatic heterocycles. The van der Waals surface area contributed by atoms with Crippen LogP contribution in [-0.4, -0.2) is 46.3 Å². The summed E-state index contributed by atoms with van der Waals surface area (Å²) in [5, 5.41) is 18.9. The van der Waals surface area contributed by atoms with Gasteiger partial charge in [-0.3, -0.25) is 4.79 Å². The summed E-state index contributed by atoms with van der Waals surface area (Å²) in [7, 11) is 0. The van der Waals surface area contributed by atoms with E-state index in [2.05, 4.69) is 17.0 Å². The van der Waals surface area contributed by atoms with Gasteiger partial charge < -0.3 is 15.1 Å². The Morgan fingerprint density at radius 1 is 1.21 bits per heavy atom. The number of aliphatic carboxylic acids is 1. The molecule has 1 aliphatic rings. The predicted octanol–water partition coefficient (Wildman–Crippen LogP) is 1.53. The van der Waals surface area contributed by atoms with Gasteiger partial charge in [-0.1, -0.05) is 30.3 Å². The lowest BCUT2D eigenvalue weighted by atomic mass is 9.88. The van der Waals surface area contributed by atoms with Crippen LogP contribution in [0.15, 0.2) is 30.3 Å². The van der Waals surface area contributed by atoms with E-state index in [1.54, 1.807) is 0 Å². The Morgan fingerprint density at radius 3 is 2.42 bits per heavy atom. The van der Waals surface area contributed by atoms with Crippen molar-refractivity contribution in [2.75, 3.05) is 19.6 Å². The molecule has 1 heterocycles. The summed E-state index contributed by atoms with van der Waals surface area (Å²) in [6, 6.07) is 10.3. The molecule has 0 aliphatic carbocycles. The monoisotopic (exact) mass is 263 g/mol. The molecule has 0 amide bonds. The lowest BCUT2D eigenvalue weighted by molar-refractivity contribution is -0.144. The number of hydrogen-bond donors (Lipinski definition) is 2. The fraction of sp³-hybridized carbons (Fsp3) is 0.533. The van der Waals surface area contributed by atoms with Crippen LogP contribution in [-0.2, 0) is 11.2 Å². The number of aliphatic hydroxyl groups is 1. The van der Waals surface area contributed by atoms with Gasteiger partial charge in [-0.15, -0.1) is 0 Å². The van der Waals surface area contributed by atoms with Gasteiger partial charge in [0.2, 0.25) is 0 Å². The molecule has 0 saturated carbocycles. The summed E-state index contributed by atoms with van der Waals surface area (Å²) in [4.78, 5) is 13.0. The molecule has 2 rings (SSSR count). The summed E-state index contributed by atoms with van der Waals surface area (Å²) in [6.07, 6.45) is 1.96. The number of likely N-dealkylation sites (tertiary alicyclic amines) is 1. The van der Waals surface area contributed by atoms with E-state index in [0.717, 1.165) is 26.1 Å². The molecule has 1 aliphatic heterocycles. The lowest BCUT2D eigenvalue weighted by Gasteiger charge is -2.37. The molecular formula is C15H21NO3. The molecule has 19 heavy (non-hydrogen) atoms. The first-order valence-electron chi connectivity index (χ1n) is 6.78. The van der Waals surface area contributed by atoms with Crippen molar-refractivity contribution in [3.8, 4) is 0 Å². The van der Waals surface area contributed by atoms with Gasteiger partial charge in [0.25, 0.3) is 0 Å². The van der Waals surface area contributed by atoms with Crippen molar-refractivity contribution in [2.24, 2.45) is 0 Å². The third kappa shape index (κ3) is 4.33. The number of carboxylic acids is 1. The molecule has 1 saturated heterocycles. The van der Waals surface area contributed by atoms with Crippen LogP contribution in [0.5, 0.6) is 0 Å². The van der Waals surface area contributed by atoms with E-state index in [0.29, 0.717) is 12.8 Å². The topological polar surface area (TPSA) is 60.8 Å². The minimum Gasteiger partial charge on any atom is -0.481 e. The number of hydrogen-bond acceptors (Lipinski definition) is 3. The molecule has 0 bridgehead atoms. The van der Waals surface area contributed by atoms with Crippen LogP contribution in [0.4, 0.5) is 0 Å². The number of carboxylic acid groups (broad SMARTS) is 1. The smallest absolute Gasteiger partial charge is 0.306 e. The first-order valence-corrected chi connectivity index (χ1v) is 6.78. The van der Waals surface area contributed by atoms with Crippen LogP contribution in [0.3, 0.4) is 0 Å². The molecule has 0 unspecified atom stereocenters. The zero-order chi connectivity index (χ0) is 13.7. The Kier molecular flexibility index (Phi) is 4.56. The van der Waals surface area contributed by atoms with E-state index in [-0.39, 0.29) is 6.42 Å². The van der Waals surface area contributed by atoms with Crippen molar-refractivity contribution in [1.82, 2.24) is 4.90 Å². The minimum atomic E-state index is -1.00. The first-order chi connectivity index (χ1) is 9.07. The van der Waals surface area contributed by atoms with Gasteiger partial charge >= 0.3 is 5.97 Å². The van der Waals surface area contributed by atoms with Gasteiger partial charge in [-0.25, -0.2) is 0 Å². The summed E-state index contributed by atoms with van der Waals surface area (Å²) in [5.74, 6) is -0.916. The van der Waals surface area contributed by atoms with Gasteiger partial charge in [0.15, 0.2) is 0 Å². The van der Waals surface area contributed by atoms with Crippen molar-refractivity contribution in [3.63, 3.8) is 0 Å². The SMILES string of the molecule is O=C(O)CC1(O)CCN(CCc2ccccc2)CC1. The number of benzene rings is 1. The molecular weight excluding hydrogens is 242 g/mol. The van der Waals surface area contributed by atoms with Gasteiger partial charge in [0, 0.05) is 19.6 Å². The average molecular weight is 263 g/mol. The van der Waals surface area contributed by atoms with Crippen molar-refractivity contribution in [3.05, 3.63) is 35.9 Å². The predicted molar refractivity (Wildman–Crippen MR) is 73.0 cm³/mol. The van der Waals surface area contributed by atoms with E-state index in [9.17, 15) is 9.90 Å². The van der Waals surface area contributed by atoms with Gasteiger partial charge in [-0.05, 0) is 24.8 Å². The summed E-state index contributed by atoms with van der Waals surface area (Å²) in [6.45, 7) is 2.51. The highest BCUT2D eigenvalue weighted by Gasteiger charge is 2.34. The molecule has 1 fully saturated rings. The second-order valence-corrected chi connectivity index (χ2v) is 5.37. The Hall–Kier alpha value is -1.39. The van der Waals surface area contributed by atoms with Gasteiger partial charge in [-0.2, -0.15) is 0 Å². The summed E-state index contributed by atoms with van der Waals surface area (Å²) < 4.78 is 0. The summed E-state index contributed by atoms with van der Waals surface area (Å²) >= 11 is 0. The fourth-order valence-corrected chi connectivity index (χ4v) is 2.58. The second kappa shape index (κ2) is 6.17. The highest BCUT2D eigenvalue weighted by molar-refractivity contribution is 5.68. The van der Waals surface area contributed by atoms with Crippen molar-refractivity contribution >= 4 is 5.97 Å². The standard InChI is InChI=1S/C15H21NO3/c17-14(18)12-15(19)7-10-16(11-8-15)9-6-13-4-2-1-3-5-13/h1-5,19H,6-12H2,(H,17,18). The van der Waals surface area contributed by atoms with E-state index >= 15 is 0 Å². The zero-order valence-electron chi connectivity index (χ0n) is 11.1. The highest BCUT2D eigenvalue weighted by atomic mass is 16.4. The Bertz CT molecular complexity index is 411. The number of nitrogens with zero attached hydrogens (tertiary/aromatic N) is 1. The average Bonchev–Trinajstić information content (AvgIpc) is 2.38. The molecule has 4 nitrogen and oxygen atoms in total. The summed E-state index contributed by atoms with van der Waals surface area (Å²) in [5.41, 5.74) is 0.309. The third-order valence-corrected chi connectivity index (χ3v) is 3.83. The van der Waals surface area contributed by atoms with Crippen molar-refractivity contribution in [1.29, 1.82) is 0 Å². The number of rotatable bonds is 5. The maximum Gasteiger partial charge on any atom is 0.306 e. The second-order valence-electron chi connectivity index (χ2n) is 5.37. The molecule has 0 spiro atoms. The van der Waals surface area contributed by atoms with E-state index < -0.39 is 11.6 Å². The van der Waals surface area contributed by atoms with Crippen molar-refractivity contribution in [2.45, 2.75) is 31.3 Å². The zero-order valence-corrected chi connectivity index (χ0v) is 11.1. The highest BCUT2D eigenvalue weighted by Crippen LogP contribution is 2.25. The molecule has 2 N–H and O–H groups in total. The van der Waals surface area contributed by atoms with E-state index in [1.165, 1.54) is 5.56 Å². The Morgan fingerprint density at radius 2 is 1.84 bits per heavy atom. The van der Waals surface area contributed by atoms with Crippen molar-refractivity contribution < 1.29 is 15.0 Å². The maximum absolute atomic E-state index is 10.7. The van der Waals surface area contributed by atoms with Crippen LogP contribution in [0.2, 0.25) is 0 Å². The number of piperidine rings is 1. The minimum absolute atomic E-state index is 0.139. The molecule has 0 radical (unpaired) electrons. The largest absolute Gasteiger partial charge is 0.481 e. The van der Waals surface area contributed by atoms with E-state index in [1.807, 2.05) is 18.2 Å². The maximum atomic E-state index is 10.7. The normalized spacial score (nSPS) is 19.2. The first kappa shape index (κ1) is 14.0. The van der Waals surface area contributed by atoms with Gasteiger partial charge in [0.1, 0.15) is 0 Å². The number of carbonyl (C=O) groups is 1. The van der Waals surface area contributed by atoms with Crippen LogP contribution in [0.1, 0.15) is 24.8 Å².